The molecule has 0 bridgehead atoms. The fraction of sp³-hybridized carbons (Fsp3) is 0.833. The number of nitrogens with zero attached hydrogens (tertiary/aromatic N) is 2. The Morgan fingerprint density at radius 1 is 1.22 bits per heavy atom. The van der Waals surface area contributed by atoms with E-state index in [0.717, 1.165) is 45.3 Å². The summed E-state index contributed by atoms with van der Waals surface area (Å²) in [5, 5.41) is 9.02. The number of hydrogen-bond acceptors (Lipinski definition) is 5. The Labute approximate surface area is 168 Å². The van der Waals surface area contributed by atoms with Crippen LogP contribution in [0.1, 0.15) is 32.6 Å². The third kappa shape index (κ3) is 7.63. The third-order valence-electron chi connectivity index (χ3n) is 5.10. The van der Waals surface area contributed by atoms with Crippen LogP contribution in [-0.4, -0.2) is 86.4 Å². The lowest BCUT2D eigenvalue weighted by atomic mass is 9.98. The van der Waals surface area contributed by atoms with Crippen molar-refractivity contribution in [3.8, 4) is 0 Å². The summed E-state index contributed by atoms with van der Waals surface area (Å²) in [5.41, 5.74) is 0. The second kappa shape index (κ2) is 11.5. The highest BCUT2D eigenvalue weighted by Crippen LogP contribution is 2.15. The van der Waals surface area contributed by atoms with Crippen molar-refractivity contribution in [1.29, 1.82) is 0 Å². The number of nitrogens with one attached hydrogen (secondary N) is 3. The molecule has 8 nitrogen and oxygen atoms in total. The first-order valence-corrected chi connectivity index (χ1v) is 9.60. The zero-order chi connectivity index (χ0) is 19.1. The molecule has 9 heteroatoms. The Hall–Kier alpha value is -1.38. The molecule has 0 spiro atoms. The van der Waals surface area contributed by atoms with E-state index in [0.29, 0.717) is 19.0 Å². The van der Waals surface area contributed by atoms with Gasteiger partial charge in [-0.3, -0.25) is 19.3 Å². The minimum absolute atomic E-state index is 0. The Morgan fingerprint density at radius 3 is 2.59 bits per heavy atom. The highest BCUT2D eigenvalue weighted by atomic mass is 35.5. The van der Waals surface area contributed by atoms with E-state index in [-0.39, 0.29) is 36.2 Å². The molecule has 2 saturated heterocycles. The Morgan fingerprint density at radius 2 is 1.96 bits per heavy atom. The van der Waals surface area contributed by atoms with Gasteiger partial charge in [0.15, 0.2) is 0 Å². The third-order valence-corrected chi connectivity index (χ3v) is 5.10. The topological polar surface area (TPSA) is 93.8 Å². The largest absolute Gasteiger partial charge is 0.354 e. The van der Waals surface area contributed by atoms with Gasteiger partial charge in [-0.15, -0.1) is 12.4 Å². The fourth-order valence-electron chi connectivity index (χ4n) is 3.68. The number of piperidine rings is 1. The normalized spacial score (nSPS) is 23.8. The number of amides is 3. The summed E-state index contributed by atoms with van der Waals surface area (Å²) in [5.74, 6) is 0.210. The summed E-state index contributed by atoms with van der Waals surface area (Å²) in [6.07, 6.45) is 4.04. The molecule has 2 aliphatic rings. The van der Waals surface area contributed by atoms with Crippen molar-refractivity contribution in [1.82, 2.24) is 25.8 Å². The Bertz CT molecular complexity index is 511. The summed E-state index contributed by atoms with van der Waals surface area (Å²) in [4.78, 5) is 39.7. The first kappa shape index (κ1) is 23.7. The van der Waals surface area contributed by atoms with E-state index >= 15 is 0 Å². The second-order valence-electron chi connectivity index (χ2n) is 7.66. The van der Waals surface area contributed by atoms with Gasteiger partial charge in [0, 0.05) is 27.2 Å². The maximum Gasteiger partial charge on any atom is 0.244 e. The van der Waals surface area contributed by atoms with Crippen molar-refractivity contribution in [2.24, 2.45) is 5.92 Å². The summed E-state index contributed by atoms with van der Waals surface area (Å²) >= 11 is 0. The summed E-state index contributed by atoms with van der Waals surface area (Å²) in [6, 6.07) is -0.563. The molecule has 156 valence electrons. The van der Waals surface area contributed by atoms with Gasteiger partial charge < -0.3 is 20.9 Å². The molecule has 0 aromatic heterocycles. The molecule has 3 unspecified atom stereocenters. The van der Waals surface area contributed by atoms with E-state index in [4.69, 9.17) is 0 Å². The minimum atomic E-state index is -0.517. The molecule has 3 N–H and O–H groups in total. The molecule has 0 aliphatic carbocycles. The molecule has 0 aromatic carbocycles. The predicted octanol–water partition coefficient (Wildman–Crippen LogP) is -0.419. The van der Waals surface area contributed by atoms with Crippen LogP contribution in [0.4, 0.5) is 0 Å². The van der Waals surface area contributed by atoms with Gasteiger partial charge in [0.25, 0.3) is 0 Å². The average Bonchev–Trinajstić information content (AvgIpc) is 3.13. The maximum absolute atomic E-state index is 12.2. The molecule has 0 saturated carbocycles. The fourth-order valence-corrected chi connectivity index (χ4v) is 3.68. The molecule has 2 fully saturated rings. The Balaban J connectivity index is 0.00000364. The quantitative estimate of drug-likeness (QED) is 0.537. The SMILES string of the molecule is CC(NC(=O)CN1CCCC(CNC(=O)C2CCCN2)C1)C(=O)N(C)C.Cl. The Kier molecular flexibility index (Phi) is 10.0. The van der Waals surface area contributed by atoms with Gasteiger partial charge >= 0.3 is 0 Å². The van der Waals surface area contributed by atoms with Crippen molar-refractivity contribution in [2.75, 3.05) is 46.8 Å². The van der Waals surface area contributed by atoms with Gasteiger partial charge in [-0.1, -0.05) is 0 Å². The molecule has 3 atom stereocenters. The zero-order valence-electron chi connectivity index (χ0n) is 16.6. The minimum Gasteiger partial charge on any atom is -0.354 e. The zero-order valence-corrected chi connectivity index (χ0v) is 17.4. The van der Waals surface area contributed by atoms with E-state index in [2.05, 4.69) is 20.9 Å². The van der Waals surface area contributed by atoms with Crippen LogP contribution in [0.2, 0.25) is 0 Å². The number of hydrogen-bond donors (Lipinski definition) is 3. The van der Waals surface area contributed by atoms with Gasteiger partial charge in [-0.2, -0.15) is 0 Å². The van der Waals surface area contributed by atoms with Crippen LogP contribution in [-0.2, 0) is 14.4 Å². The van der Waals surface area contributed by atoms with Gasteiger partial charge in [0.05, 0.1) is 12.6 Å². The first-order chi connectivity index (χ1) is 12.4. The number of carbonyl (C=O) groups excluding carboxylic acids is 3. The van der Waals surface area contributed by atoms with Crippen LogP contribution in [0.3, 0.4) is 0 Å². The van der Waals surface area contributed by atoms with Crippen LogP contribution in [0.5, 0.6) is 0 Å². The molecule has 2 aliphatic heterocycles. The van der Waals surface area contributed by atoms with Crippen LogP contribution in [0.25, 0.3) is 0 Å². The lowest BCUT2D eigenvalue weighted by Gasteiger charge is -2.32. The van der Waals surface area contributed by atoms with Gasteiger partial charge in [-0.05, 0) is 51.6 Å². The maximum atomic E-state index is 12.2. The molecule has 0 radical (unpaired) electrons. The van der Waals surface area contributed by atoms with Crippen molar-refractivity contribution in [2.45, 2.75) is 44.7 Å². The molecule has 2 heterocycles. The number of likely N-dealkylation sites (tertiary alicyclic amines) is 1. The number of likely N-dealkylation sites (N-methyl/N-ethyl adjacent to an activating group) is 1. The number of halogens is 1. The van der Waals surface area contributed by atoms with Crippen LogP contribution >= 0.6 is 12.4 Å². The number of carbonyl (C=O) groups is 3. The van der Waals surface area contributed by atoms with Gasteiger partial charge in [0.2, 0.25) is 17.7 Å². The molecule has 0 aromatic rings. The summed E-state index contributed by atoms with van der Waals surface area (Å²) in [7, 11) is 3.35. The van der Waals surface area contributed by atoms with Gasteiger partial charge in [0.1, 0.15) is 6.04 Å². The predicted molar refractivity (Wildman–Crippen MR) is 107 cm³/mol. The smallest absolute Gasteiger partial charge is 0.244 e. The van der Waals surface area contributed by atoms with E-state index in [9.17, 15) is 14.4 Å². The standard InChI is InChI=1S/C18H33N5O3.ClH/c1-13(18(26)22(2)3)21-16(24)12-23-9-5-6-14(11-23)10-20-17(25)15-7-4-8-19-15;/h13-15,19H,4-12H2,1-3H3,(H,20,25)(H,21,24);1H. The molecular formula is C18H34ClN5O3. The van der Waals surface area contributed by atoms with Crippen LogP contribution < -0.4 is 16.0 Å². The monoisotopic (exact) mass is 403 g/mol. The van der Waals surface area contributed by atoms with E-state index in [1.165, 1.54) is 4.90 Å². The van der Waals surface area contributed by atoms with Crippen LogP contribution in [0.15, 0.2) is 0 Å². The van der Waals surface area contributed by atoms with Crippen molar-refractivity contribution in [3.05, 3.63) is 0 Å². The average molecular weight is 404 g/mol. The number of rotatable bonds is 7. The molecule has 3 amide bonds. The first-order valence-electron chi connectivity index (χ1n) is 9.60. The highest BCUT2D eigenvalue weighted by molar-refractivity contribution is 5.87. The molecule has 27 heavy (non-hydrogen) atoms. The molecular weight excluding hydrogens is 370 g/mol. The second-order valence-corrected chi connectivity index (χ2v) is 7.66. The molecule has 2 rings (SSSR count). The van der Waals surface area contributed by atoms with Gasteiger partial charge in [-0.25, -0.2) is 0 Å². The van der Waals surface area contributed by atoms with Crippen molar-refractivity contribution < 1.29 is 14.4 Å². The summed E-state index contributed by atoms with van der Waals surface area (Å²) in [6.45, 7) is 5.23. The van der Waals surface area contributed by atoms with E-state index in [1.54, 1.807) is 21.0 Å². The van der Waals surface area contributed by atoms with Crippen molar-refractivity contribution >= 4 is 30.1 Å². The van der Waals surface area contributed by atoms with E-state index in [1.807, 2.05) is 0 Å². The summed E-state index contributed by atoms with van der Waals surface area (Å²) < 4.78 is 0. The van der Waals surface area contributed by atoms with Crippen LogP contribution in [0, 0.1) is 5.92 Å². The van der Waals surface area contributed by atoms with Crippen molar-refractivity contribution in [3.63, 3.8) is 0 Å². The highest BCUT2D eigenvalue weighted by Gasteiger charge is 2.26. The lowest BCUT2D eigenvalue weighted by Crippen LogP contribution is -2.50. The van der Waals surface area contributed by atoms with E-state index < -0.39 is 6.04 Å². The lowest BCUT2D eigenvalue weighted by molar-refractivity contribution is -0.134.